The molecule has 24 heavy (non-hydrogen) atoms. The van der Waals surface area contributed by atoms with Crippen molar-refractivity contribution in [3.63, 3.8) is 0 Å². The lowest BCUT2D eigenvalue weighted by Crippen LogP contribution is -2.39. The van der Waals surface area contributed by atoms with E-state index in [0.717, 1.165) is 5.75 Å². The van der Waals surface area contributed by atoms with Crippen molar-refractivity contribution in [2.75, 3.05) is 20.3 Å². The third kappa shape index (κ3) is 5.50. The Kier molecular flexibility index (Phi) is 6.49. The van der Waals surface area contributed by atoms with Crippen LogP contribution in [0.1, 0.15) is 12.5 Å². The number of para-hydroxylation sites is 2. The average Bonchev–Trinajstić information content (AvgIpc) is 2.59. The molecule has 0 unspecified atom stereocenters. The molecule has 0 fully saturated rings. The Balaban J connectivity index is 1.74. The van der Waals surface area contributed by atoms with E-state index in [1.807, 2.05) is 50.2 Å². The zero-order valence-corrected chi connectivity index (χ0v) is 14.2. The van der Waals surface area contributed by atoms with Crippen molar-refractivity contribution in [1.29, 1.82) is 0 Å². The van der Waals surface area contributed by atoms with Gasteiger partial charge in [0, 0.05) is 0 Å². The van der Waals surface area contributed by atoms with Gasteiger partial charge in [-0.15, -0.1) is 0 Å². The first-order valence-corrected chi connectivity index (χ1v) is 7.83. The van der Waals surface area contributed by atoms with Gasteiger partial charge < -0.3 is 19.5 Å². The second kappa shape index (κ2) is 8.82. The number of carbonyl (C=O) groups excluding carboxylic acids is 1. The second-order valence-corrected chi connectivity index (χ2v) is 5.53. The van der Waals surface area contributed by atoms with Crippen molar-refractivity contribution in [2.45, 2.75) is 19.9 Å². The number of nitrogens with one attached hydrogen (secondary N) is 1. The molecule has 1 N–H and O–H groups in total. The van der Waals surface area contributed by atoms with Crippen molar-refractivity contribution >= 4 is 5.91 Å². The summed E-state index contributed by atoms with van der Waals surface area (Å²) >= 11 is 0. The van der Waals surface area contributed by atoms with Crippen LogP contribution in [0.25, 0.3) is 0 Å². The van der Waals surface area contributed by atoms with Gasteiger partial charge in [-0.1, -0.05) is 29.8 Å². The molecule has 0 bridgehead atoms. The molecular formula is C19H23NO4. The highest BCUT2D eigenvalue weighted by atomic mass is 16.5. The van der Waals surface area contributed by atoms with Crippen molar-refractivity contribution in [2.24, 2.45) is 0 Å². The molecule has 5 nitrogen and oxygen atoms in total. The largest absolute Gasteiger partial charge is 0.493 e. The van der Waals surface area contributed by atoms with E-state index in [-0.39, 0.29) is 18.6 Å². The lowest BCUT2D eigenvalue weighted by Gasteiger charge is -2.16. The van der Waals surface area contributed by atoms with E-state index in [1.54, 1.807) is 19.2 Å². The van der Waals surface area contributed by atoms with E-state index < -0.39 is 0 Å². The van der Waals surface area contributed by atoms with Crippen molar-refractivity contribution in [1.82, 2.24) is 5.32 Å². The first-order valence-electron chi connectivity index (χ1n) is 7.83. The minimum absolute atomic E-state index is 0.0742. The molecule has 0 aromatic heterocycles. The van der Waals surface area contributed by atoms with Gasteiger partial charge in [0.15, 0.2) is 18.1 Å². The Morgan fingerprint density at radius 3 is 2.38 bits per heavy atom. The third-order valence-corrected chi connectivity index (χ3v) is 3.36. The molecule has 128 valence electrons. The molecule has 1 atom stereocenters. The number of hydrogen-bond acceptors (Lipinski definition) is 4. The standard InChI is InChI=1S/C19H23NO4/c1-14-8-10-16(11-9-14)23-12-15(2)20-19(21)13-24-18-7-5-4-6-17(18)22-3/h4-11,15H,12-13H2,1-3H3,(H,20,21)/t15-/m1/s1. The molecule has 2 rings (SSSR count). The van der Waals surface area contributed by atoms with Crippen LogP contribution in [0.3, 0.4) is 0 Å². The lowest BCUT2D eigenvalue weighted by atomic mass is 10.2. The monoisotopic (exact) mass is 329 g/mol. The summed E-state index contributed by atoms with van der Waals surface area (Å²) < 4.78 is 16.3. The number of methoxy groups -OCH3 is 1. The molecule has 0 spiro atoms. The Labute approximate surface area is 142 Å². The summed E-state index contributed by atoms with van der Waals surface area (Å²) in [6, 6.07) is 14.9. The first-order chi connectivity index (χ1) is 11.6. The van der Waals surface area contributed by atoms with Crippen LogP contribution in [0.5, 0.6) is 17.2 Å². The van der Waals surface area contributed by atoms with Crippen LogP contribution in [0.2, 0.25) is 0 Å². The Bertz CT molecular complexity index is 655. The quantitative estimate of drug-likeness (QED) is 0.809. The minimum Gasteiger partial charge on any atom is -0.493 e. The molecule has 0 aliphatic rings. The van der Waals surface area contributed by atoms with E-state index in [2.05, 4.69) is 5.32 Å². The number of rotatable bonds is 8. The van der Waals surface area contributed by atoms with Gasteiger partial charge in [-0.05, 0) is 38.1 Å². The molecule has 0 heterocycles. The number of carbonyl (C=O) groups is 1. The highest BCUT2D eigenvalue weighted by Crippen LogP contribution is 2.25. The van der Waals surface area contributed by atoms with Gasteiger partial charge in [0.25, 0.3) is 5.91 Å². The molecule has 0 radical (unpaired) electrons. The van der Waals surface area contributed by atoms with Crippen LogP contribution in [0, 0.1) is 6.92 Å². The summed E-state index contributed by atoms with van der Waals surface area (Å²) in [7, 11) is 1.56. The van der Waals surface area contributed by atoms with Crippen LogP contribution >= 0.6 is 0 Å². The number of benzene rings is 2. The summed E-state index contributed by atoms with van der Waals surface area (Å²) in [5.74, 6) is 1.72. The van der Waals surface area contributed by atoms with Gasteiger partial charge in [-0.25, -0.2) is 0 Å². The maximum Gasteiger partial charge on any atom is 0.258 e. The smallest absolute Gasteiger partial charge is 0.258 e. The summed E-state index contributed by atoms with van der Waals surface area (Å²) in [6.07, 6.45) is 0. The topological polar surface area (TPSA) is 56.8 Å². The van der Waals surface area contributed by atoms with Gasteiger partial charge in [0.1, 0.15) is 12.4 Å². The number of ether oxygens (including phenoxy) is 3. The highest BCUT2D eigenvalue weighted by Gasteiger charge is 2.10. The zero-order valence-electron chi connectivity index (χ0n) is 14.2. The fourth-order valence-corrected chi connectivity index (χ4v) is 2.10. The molecule has 2 aromatic rings. The molecule has 0 saturated carbocycles. The SMILES string of the molecule is COc1ccccc1OCC(=O)N[C@H](C)COc1ccc(C)cc1. The summed E-state index contributed by atoms with van der Waals surface area (Å²) in [5.41, 5.74) is 1.18. The molecular weight excluding hydrogens is 306 g/mol. The van der Waals surface area contributed by atoms with E-state index in [9.17, 15) is 4.79 Å². The average molecular weight is 329 g/mol. The van der Waals surface area contributed by atoms with Crippen LogP contribution in [-0.4, -0.2) is 32.3 Å². The molecule has 0 saturated heterocycles. The number of amides is 1. The third-order valence-electron chi connectivity index (χ3n) is 3.36. The summed E-state index contributed by atoms with van der Waals surface area (Å²) in [4.78, 5) is 11.9. The van der Waals surface area contributed by atoms with E-state index >= 15 is 0 Å². The van der Waals surface area contributed by atoms with Crippen molar-refractivity contribution in [3.05, 3.63) is 54.1 Å². The van der Waals surface area contributed by atoms with Gasteiger partial charge in [0.05, 0.1) is 13.2 Å². The zero-order chi connectivity index (χ0) is 17.4. The number of hydrogen-bond donors (Lipinski definition) is 1. The fourth-order valence-electron chi connectivity index (χ4n) is 2.10. The van der Waals surface area contributed by atoms with Crippen molar-refractivity contribution in [3.8, 4) is 17.2 Å². The van der Waals surface area contributed by atoms with Gasteiger partial charge in [0.2, 0.25) is 0 Å². The lowest BCUT2D eigenvalue weighted by molar-refractivity contribution is -0.123. The summed E-state index contributed by atoms with van der Waals surface area (Å²) in [5, 5.41) is 2.84. The van der Waals surface area contributed by atoms with Gasteiger partial charge in [-0.2, -0.15) is 0 Å². The Morgan fingerprint density at radius 2 is 1.71 bits per heavy atom. The van der Waals surface area contributed by atoms with Gasteiger partial charge >= 0.3 is 0 Å². The molecule has 0 aliphatic carbocycles. The predicted molar refractivity (Wildman–Crippen MR) is 92.8 cm³/mol. The Morgan fingerprint density at radius 1 is 1.04 bits per heavy atom. The van der Waals surface area contributed by atoms with Gasteiger partial charge in [-0.3, -0.25) is 4.79 Å². The van der Waals surface area contributed by atoms with Crippen LogP contribution in [0.15, 0.2) is 48.5 Å². The van der Waals surface area contributed by atoms with Crippen LogP contribution < -0.4 is 19.5 Å². The van der Waals surface area contributed by atoms with Crippen molar-refractivity contribution < 1.29 is 19.0 Å². The second-order valence-electron chi connectivity index (χ2n) is 5.53. The maximum atomic E-state index is 11.9. The minimum atomic E-state index is -0.207. The van der Waals surface area contributed by atoms with E-state index in [0.29, 0.717) is 18.1 Å². The summed E-state index contributed by atoms with van der Waals surface area (Å²) in [6.45, 7) is 4.22. The van der Waals surface area contributed by atoms with Crippen LogP contribution in [0.4, 0.5) is 0 Å². The highest BCUT2D eigenvalue weighted by molar-refractivity contribution is 5.77. The molecule has 0 aliphatic heterocycles. The van der Waals surface area contributed by atoms with Crippen LogP contribution in [-0.2, 0) is 4.79 Å². The predicted octanol–water partition coefficient (Wildman–Crippen LogP) is 2.97. The van der Waals surface area contributed by atoms with E-state index in [4.69, 9.17) is 14.2 Å². The number of aryl methyl sites for hydroxylation is 1. The molecule has 2 aromatic carbocycles. The normalized spacial score (nSPS) is 11.5. The molecule has 1 amide bonds. The maximum absolute atomic E-state index is 11.9. The first kappa shape index (κ1) is 17.7. The Hall–Kier alpha value is -2.69. The fraction of sp³-hybridized carbons (Fsp3) is 0.316. The van der Waals surface area contributed by atoms with E-state index in [1.165, 1.54) is 5.56 Å². The molecule has 5 heteroatoms.